The quantitative estimate of drug-likeness (QED) is 0.258. The summed E-state index contributed by atoms with van der Waals surface area (Å²) >= 11 is 12.9. The van der Waals surface area contributed by atoms with Gasteiger partial charge in [-0.3, -0.25) is 9.69 Å². The summed E-state index contributed by atoms with van der Waals surface area (Å²) in [7, 11) is 1.87. The van der Waals surface area contributed by atoms with Crippen LogP contribution >= 0.6 is 23.2 Å². The van der Waals surface area contributed by atoms with E-state index in [9.17, 15) is 14.7 Å². The largest absolute Gasteiger partial charge is 0.478 e. The molecule has 2 aliphatic rings. The van der Waals surface area contributed by atoms with Gasteiger partial charge in [0, 0.05) is 86.9 Å². The number of fused-ring (bicyclic) bond motifs is 1. The van der Waals surface area contributed by atoms with Gasteiger partial charge in [-0.05, 0) is 43.2 Å². The van der Waals surface area contributed by atoms with Crippen LogP contribution in [0, 0.1) is 0 Å². The third kappa shape index (κ3) is 5.23. The number of piperazine rings is 1. The molecule has 1 aliphatic carbocycles. The molecule has 1 saturated heterocycles. The Bertz CT molecular complexity index is 1580. The molecule has 0 bridgehead atoms. The first-order valence-electron chi connectivity index (χ1n) is 13.5. The molecule has 1 saturated carbocycles. The molecule has 4 aromatic rings. The number of carboxylic acid groups (broad SMARTS) is 1. The van der Waals surface area contributed by atoms with Gasteiger partial charge in [0.15, 0.2) is 0 Å². The molecular weight excluding hydrogens is 551 g/mol. The number of rotatable bonds is 9. The number of carbonyl (C=O) groups is 2. The lowest BCUT2D eigenvalue weighted by atomic mass is 9.98. The SMILES string of the molecule is Cn1cc(C(=O)O)c2ccc(N3CCN(CCC(=O)Cc4c(-c5c(Cl)cccc5Cl)noc4C4CC4)CC3)cc21. The maximum Gasteiger partial charge on any atom is 0.337 e. The number of benzene rings is 2. The van der Waals surface area contributed by atoms with Crippen LogP contribution in [0.4, 0.5) is 5.69 Å². The molecule has 208 valence electrons. The molecule has 2 fully saturated rings. The number of aryl methyl sites for hydroxylation is 1. The van der Waals surface area contributed by atoms with Crippen molar-refractivity contribution in [3.63, 3.8) is 0 Å². The van der Waals surface area contributed by atoms with Crippen molar-refractivity contribution in [1.29, 1.82) is 0 Å². The predicted octanol–water partition coefficient (Wildman–Crippen LogP) is 6.04. The normalized spacial score (nSPS) is 16.1. The summed E-state index contributed by atoms with van der Waals surface area (Å²) < 4.78 is 7.57. The van der Waals surface area contributed by atoms with E-state index < -0.39 is 5.97 Å². The minimum absolute atomic E-state index is 0.139. The molecule has 0 unspecified atom stereocenters. The third-order valence-electron chi connectivity index (χ3n) is 7.99. The summed E-state index contributed by atoms with van der Waals surface area (Å²) in [4.78, 5) is 29.3. The highest BCUT2D eigenvalue weighted by Crippen LogP contribution is 2.46. The summed E-state index contributed by atoms with van der Waals surface area (Å²) in [5.41, 5.74) is 4.30. The van der Waals surface area contributed by atoms with Gasteiger partial charge >= 0.3 is 5.97 Å². The van der Waals surface area contributed by atoms with Gasteiger partial charge in [0.1, 0.15) is 17.2 Å². The number of hydrogen-bond acceptors (Lipinski definition) is 6. The van der Waals surface area contributed by atoms with Crippen LogP contribution in [0.15, 0.2) is 47.1 Å². The van der Waals surface area contributed by atoms with E-state index >= 15 is 0 Å². The van der Waals surface area contributed by atoms with E-state index in [-0.39, 0.29) is 12.2 Å². The summed E-state index contributed by atoms with van der Waals surface area (Å²) in [6.45, 7) is 4.06. The van der Waals surface area contributed by atoms with Crippen LogP contribution in [0.2, 0.25) is 10.0 Å². The molecule has 3 heterocycles. The van der Waals surface area contributed by atoms with Crippen LogP contribution in [-0.2, 0) is 18.3 Å². The molecular formula is C30H30Cl2N4O4. The number of carbonyl (C=O) groups excluding carboxylic acids is 1. The molecule has 1 aliphatic heterocycles. The van der Waals surface area contributed by atoms with Crippen LogP contribution < -0.4 is 4.90 Å². The monoisotopic (exact) mass is 580 g/mol. The van der Waals surface area contributed by atoms with Gasteiger partial charge in [-0.25, -0.2) is 4.79 Å². The fraction of sp³-hybridized carbons (Fsp3) is 0.367. The Balaban J connectivity index is 1.08. The van der Waals surface area contributed by atoms with E-state index in [1.165, 1.54) is 0 Å². The van der Waals surface area contributed by atoms with Crippen molar-refractivity contribution >= 4 is 51.5 Å². The van der Waals surface area contributed by atoms with Gasteiger partial charge in [-0.1, -0.05) is 34.4 Å². The summed E-state index contributed by atoms with van der Waals surface area (Å²) in [5, 5.41) is 15.5. The molecule has 8 nitrogen and oxygen atoms in total. The van der Waals surface area contributed by atoms with E-state index in [1.807, 2.05) is 23.7 Å². The molecule has 1 N–H and O–H groups in total. The number of aromatic carboxylic acids is 1. The van der Waals surface area contributed by atoms with Gasteiger partial charge in [0.25, 0.3) is 0 Å². The van der Waals surface area contributed by atoms with E-state index in [4.69, 9.17) is 27.7 Å². The predicted molar refractivity (Wildman–Crippen MR) is 156 cm³/mol. The number of anilines is 1. The van der Waals surface area contributed by atoms with Crippen molar-refractivity contribution in [2.24, 2.45) is 7.05 Å². The maximum absolute atomic E-state index is 13.2. The van der Waals surface area contributed by atoms with Gasteiger partial charge in [-0.15, -0.1) is 0 Å². The van der Waals surface area contributed by atoms with E-state index in [0.717, 1.165) is 66.9 Å². The number of ketones is 1. The highest BCUT2D eigenvalue weighted by Gasteiger charge is 2.34. The average Bonchev–Trinajstić information content (AvgIpc) is 3.63. The van der Waals surface area contributed by atoms with Crippen LogP contribution in [0.5, 0.6) is 0 Å². The summed E-state index contributed by atoms with van der Waals surface area (Å²) in [5.74, 6) is 0.320. The van der Waals surface area contributed by atoms with E-state index in [0.29, 0.717) is 45.7 Å². The first-order valence-corrected chi connectivity index (χ1v) is 14.3. The van der Waals surface area contributed by atoms with Crippen LogP contribution in [-0.4, -0.2) is 64.2 Å². The number of Topliss-reactive ketones (excluding diaryl/α,β-unsaturated/α-hetero) is 1. The second-order valence-corrected chi connectivity index (χ2v) is 11.5. The second kappa shape index (κ2) is 10.9. The zero-order valence-electron chi connectivity index (χ0n) is 22.2. The Morgan fingerprint density at radius 2 is 1.80 bits per heavy atom. The topological polar surface area (TPSA) is 91.8 Å². The lowest BCUT2D eigenvalue weighted by Gasteiger charge is -2.36. The van der Waals surface area contributed by atoms with Gasteiger partial charge in [-0.2, -0.15) is 0 Å². The van der Waals surface area contributed by atoms with Crippen molar-refractivity contribution in [2.75, 3.05) is 37.6 Å². The smallest absolute Gasteiger partial charge is 0.337 e. The Kier molecular flexibility index (Phi) is 7.33. The van der Waals surface area contributed by atoms with Crippen LogP contribution in [0.3, 0.4) is 0 Å². The molecule has 0 amide bonds. The van der Waals surface area contributed by atoms with Crippen molar-refractivity contribution in [1.82, 2.24) is 14.6 Å². The Morgan fingerprint density at radius 3 is 2.48 bits per heavy atom. The molecule has 0 radical (unpaired) electrons. The Morgan fingerprint density at radius 1 is 1.07 bits per heavy atom. The minimum Gasteiger partial charge on any atom is -0.478 e. The fourth-order valence-corrected chi connectivity index (χ4v) is 6.19. The van der Waals surface area contributed by atoms with Crippen molar-refractivity contribution in [3.05, 3.63) is 69.5 Å². The van der Waals surface area contributed by atoms with Crippen LogP contribution in [0.1, 0.15) is 46.9 Å². The lowest BCUT2D eigenvalue weighted by molar-refractivity contribution is -0.118. The first kappa shape index (κ1) is 26.9. The molecule has 0 atom stereocenters. The highest BCUT2D eigenvalue weighted by molar-refractivity contribution is 6.39. The molecule has 2 aromatic carbocycles. The zero-order chi connectivity index (χ0) is 28.0. The number of nitrogens with zero attached hydrogens (tertiary/aromatic N) is 4. The maximum atomic E-state index is 13.2. The Labute approximate surface area is 242 Å². The number of carboxylic acids is 1. The van der Waals surface area contributed by atoms with Gasteiger partial charge < -0.3 is 19.1 Å². The van der Waals surface area contributed by atoms with E-state index in [1.54, 1.807) is 24.4 Å². The number of halogens is 2. The number of hydrogen-bond donors (Lipinski definition) is 1. The third-order valence-corrected chi connectivity index (χ3v) is 8.62. The highest BCUT2D eigenvalue weighted by atomic mass is 35.5. The zero-order valence-corrected chi connectivity index (χ0v) is 23.7. The standard InChI is InChI=1S/C30H30Cl2N4O4/c1-34-17-23(30(38)39)21-8-7-19(15-26(21)34)36-13-11-35(12-14-36)10-9-20(37)16-22-28(33-40-29(22)18-5-6-18)27-24(31)3-2-4-25(27)32/h2-4,7-8,15,17-18H,5-6,9-14,16H2,1H3,(H,38,39). The molecule has 0 spiro atoms. The van der Waals surface area contributed by atoms with Gasteiger partial charge in [0.05, 0.1) is 21.1 Å². The first-order chi connectivity index (χ1) is 19.3. The van der Waals surface area contributed by atoms with Crippen molar-refractivity contribution < 1.29 is 19.2 Å². The van der Waals surface area contributed by atoms with E-state index in [2.05, 4.69) is 21.0 Å². The lowest BCUT2D eigenvalue weighted by Crippen LogP contribution is -2.47. The summed E-state index contributed by atoms with van der Waals surface area (Å²) in [6, 6.07) is 11.3. The average molecular weight is 581 g/mol. The summed E-state index contributed by atoms with van der Waals surface area (Å²) in [6.07, 6.45) is 4.42. The van der Waals surface area contributed by atoms with Crippen molar-refractivity contribution in [3.8, 4) is 11.3 Å². The Hall–Kier alpha value is -3.33. The van der Waals surface area contributed by atoms with Crippen molar-refractivity contribution in [2.45, 2.75) is 31.6 Å². The molecule has 10 heteroatoms. The molecule has 40 heavy (non-hydrogen) atoms. The molecule has 2 aromatic heterocycles. The number of aromatic nitrogens is 2. The second-order valence-electron chi connectivity index (χ2n) is 10.7. The molecule has 6 rings (SSSR count). The van der Waals surface area contributed by atoms with Gasteiger partial charge in [0.2, 0.25) is 0 Å². The minimum atomic E-state index is -0.918. The van der Waals surface area contributed by atoms with Crippen LogP contribution in [0.25, 0.3) is 22.2 Å². The fourth-order valence-electron chi connectivity index (χ4n) is 5.62.